The normalized spacial score (nSPS) is 12.6. The van der Waals surface area contributed by atoms with Gasteiger partial charge in [0.15, 0.2) is 0 Å². The Balaban J connectivity index is 3.15. The number of rotatable bonds is 9. The summed E-state index contributed by atoms with van der Waals surface area (Å²) < 4.78 is 6.12. The molecule has 122 valence electrons. The van der Waals surface area contributed by atoms with Crippen LogP contribution in [0.15, 0.2) is 0 Å². The van der Waals surface area contributed by atoms with Gasteiger partial charge in [0, 0.05) is 24.1 Å². The number of nitrogens with one attached hydrogen (secondary N) is 1. The van der Waals surface area contributed by atoms with Crippen LogP contribution >= 0.6 is 11.3 Å². The molecule has 4 heteroatoms. The molecule has 0 atom stereocenters. The number of aromatic nitrogens is 1. The van der Waals surface area contributed by atoms with Gasteiger partial charge in [0.25, 0.3) is 0 Å². The molecule has 0 aliphatic carbocycles. The van der Waals surface area contributed by atoms with Gasteiger partial charge in [-0.25, -0.2) is 4.98 Å². The maximum absolute atomic E-state index is 6.12. The predicted molar refractivity (Wildman–Crippen MR) is 92.1 cm³/mol. The van der Waals surface area contributed by atoms with E-state index in [-0.39, 0.29) is 5.60 Å². The Hall–Kier alpha value is -0.450. The van der Waals surface area contributed by atoms with Crippen molar-refractivity contribution in [3.8, 4) is 0 Å². The fourth-order valence-corrected chi connectivity index (χ4v) is 3.98. The monoisotopic (exact) mass is 312 g/mol. The van der Waals surface area contributed by atoms with Crippen molar-refractivity contribution < 1.29 is 4.74 Å². The van der Waals surface area contributed by atoms with E-state index in [0.29, 0.717) is 12.0 Å². The third kappa shape index (κ3) is 4.51. The van der Waals surface area contributed by atoms with Gasteiger partial charge in [0.1, 0.15) is 10.6 Å². The molecule has 0 aromatic carbocycles. The Kier molecular flexibility index (Phi) is 7.31. The summed E-state index contributed by atoms with van der Waals surface area (Å²) >= 11 is 1.83. The molecule has 0 aliphatic rings. The highest BCUT2D eigenvalue weighted by atomic mass is 32.1. The molecule has 1 aromatic heterocycles. The standard InChI is InChI=1S/C17H32N2OS/c1-8-17(9-2,20-10-3)16-19-15(12(4)5)14(21-16)11-18-13(6)7/h12-13,18H,8-11H2,1-7H3. The van der Waals surface area contributed by atoms with Gasteiger partial charge >= 0.3 is 0 Å². The topological polar surface area (TPSA) is 34.1 Å². The summed E-state index contributed by atoms with van der Waals surface area (Å²) in [6.45, 7) is 16.9. The number of hydrogen-bond acceptors (Lipinski definition) is 4. The van der Waals surface area contributed by atoms with Gasteiger partial charge in [0.2, 0.25) is 0 Å². The van der Waals surface area contributed by atoms with Gasteiger partial charge in [0.05, 0.1) is 5.69 Å². The van der Waals surface area contributed by atoms with Crippen LogP contribution in [-0.4, -0.2) is 17.6 Å². The highest BCUT2D eigenvalue weighted by Crippen LogP contribution is 2.38. The largest absolute Gasteiger partial charge is 0.368 e. The van der Waals surface area contributed by atoms with E-state index in [1.54, 1.807) is 0 Å². The summed E-state index contributed by atoms with van der Waals surface area (Å²) in [6, 6.07) is 0.490. The van der Waals surface area contributed by atoms with Crippen molar-refractivity contribution in [1.82, 2.24) is 10.3 Å². The van der Waals surface area contributed by atoms with Crippen LogP contribution in [0.4, 0.5) is 0 Å². The first-order chi connectivity index (χ1) is 9.90. The van der Waals surface area contributed by atoms with Crippen LogP contribution in [0.2, 0.25) is 0 Å². The molecular weight excluding hydrogens is 280 g/mol. The van der Waals surface area contributed by atoms with E-state index in [4.69, 9.17) is 9.72 Å². The SMILES string of the molecule is CCOC(CC)(CC)c1nc(C(C)C)c(CNC(C)C)s1. The molecule has 21 heavy (non-hydrogen) atoms. The highest BCUT2D eigenvalue weighted by Gasteiger charge is 2.33. The summed E-state index contributed by atoms with van der Waals surface area (Å²) in [5.74, 6) is 0.451. The first-order valence-corrected chi connectivity index (χ1v) is 9.09. The molecule has 0 aliphatic heterocycles. The summed E-state index contributed by atoms with van der Waals surface area (Å²) in [6.07, 6.45) is 1.94. The average molecular weight is 313 g/mol. The zero-order valence-corrected chi connectivity index (χ0v) is 15.6. The summed E-state index contributed by atoms with van der Waals surface area (Å²) in [7, 11) is 0. The molecule has 3 nitrogen and oxygen atoms in total. The van der Waals surface area contributed by atoms with Crippen molar-refractivity contribution in [2.24, 2.45) is 0 Å². The second-order valence-corrected chi connectivity index (χ2v) is 7.24. The van der Waals surface area contributed by atoms with Crippen molar-refractivity contribution in [1.29, 1.82) is 0 Å². The maximum Gasteiger partial charge on any atom is 0.125 e. The van der Waals surface area contributed by atoms with Crippen molar-refractivity contribution in [2.45, 2.75) is 85.4 Å². The van der Waals surface area contributed by atoms with Gasteiger partial charge in [-0.3, -0.25) is 0 Å². The van der Waals surface area contributed by atoms with Crippen molar-refractivity contribution in [2.75, 3.05) is 6.61 Å². The second-order valence-electron chi connectivity index (χ2n) is 6.15. The molecule has 1 aromatic rings. The van der Waals surface area contributed by atoms with Crippen LogP contribution < -0.4 is 5.32 Å². The molecule has 0 fully saturated rings. The van der Waals surface area contributed by atoms with Crippen molar-refractivity contribution in [3.05, 3.63) is 15.6 Å². The first kappa shape index (κ1) is 18.6. The highest BCUT2D eigenvalue weighted by molar-refractivity contribution is 7.11. The molecule has 0 spiro atoms. The fraction of sp³-hybridized carbons (Fsp3) is 0.824. The van der Waals surface area contributed by atoms with E-state index in [1.807, 2.05) is 11.3 Å². The predicted octanol–water partition coefficient (Wildman–Crippen LogP) is 4.82. The Morgan fingerprint density at radius 2 is 1.76 bits per heavy atom. The lowest BCUT2D eigenvalue weighted by molar-refractivity contribution is -0.0507. The van der Waals surface area contributed by atoms with Crippen LogP contribution in [0.3, 0.4) is 0 Å². The first-order valence-electron chi connectivity index (χ1n) is 8.27. The van der Waals surface area contributed by atoms with E-state index in [2.05, 4.69) is 53.8 Å². The third-order valence-electron chi connectivity index (χ3n) is 3.90. The Morgan fingerprint density at radius 1 is 1.14 bits per heavy atom. The zero-order valence-electron chi connectivity index (χ0n) is 14.7. The van der Waals surface area contributed by atoms with E-state index in [1.165, 1.54) is 10.6 Å². The van der Waals surface area contributed by atoms with Crippen LogP contribution in [0, 0.1) is 0 Å². The molecular formula is C17H32N2OS. The zero-order chi connectivity index (χ0) is 16.0. The Labute approximate surface area is 134 Å². The quantitative estimate of drug-likeness (QED) is 0.710. The van der Waals surface area contributed by atoms with Crippen LogP contribution in [-0.2, 0) is 16.9 Å². The lowest BCUT2D eigenvalue weighted by Gasteiger charge is -2.29. The minimum atomic E-state index is -0.209. The smallest absolute Gasteiger partial charge is 0.125 e. The molecule has 0 saturated heterocycles. The van der Waals surface area contributed by atoms with Crippen molar-refractivity contribution in [3.63, 3.8) is 0 Å². The minimum Gasteiger partial charge on any atom is -0.368 e. The van der Waals surface area contributed by atoms with Crippen molar-refractivity contribution >= 4 is 11.3 Å². The van der Waals surface area contributed by atoms with Gasteiger partial charge < -0.3 is 10.1 Å². The summed E-state index contributed by atoms with van der Waals surface area (Å²) in [5.41, 5.74) is 1.02. The number of nitrogens with zero attached hydrogens (tertiary/aromatic N) is 1. The van der Waals surface area contributed by atoms with Gasteiger partial charge in [-0.15, -0.1) is 11.3 Å². The molecule has 1 N–H and O–H groups in total. The molecule has 0 radical (unpaired) electrons. The lowest BCUT2D eigenvalue weighted by atomic mass is 9.98. The van der Waals surface area contributed by atoms with Crippen LogP contribution in [0.1, 0.15) is 82.8 Å². The molecule has 0 bridgehead atoms. The number of ether oxygens (including phenoxy) is 1. The van der Waals surface area contributed by atoms with Crippen LogP contribution in [0.25, 0.3) is 0 Å². The molecule has 1 rings (SSSR count). The molecule has 0 amide bonds. The molecule has 0 unspecified atom stereocenters. The summed E-state index contributed by atoms with van der Waals surface area (Å²) in [5, 5.41) is 4.67. The van der Waals surface area contributed by atoms with Gasteiger partial charge in [-0.05, 0) is 25.7 Å². The lowest BCUT2D eigenvalue weighted by Crippen LogP contribution is -2.28. The van der Waals surface area contributed by atoms with Crippen LogP contribution in [0.5, 0.6) is 0 Å². The minimum absolute atomic E-state index is 0.209. The van der Waals surface area contributed by atoms with E-state index >= 15 is 0 Å². The molecule has 0 saturated carbocycles. The maximum atomic E-state index is 6.12. The van der Waals surface area contributed by atoms with E-state index < -0.39 is 0 Å². The summed E-state index contributed by atoms with van der Waals surface area (Å²) in [4.78, 5) is 6.33. The van der Waals surface area contributed by atoms with Gasteiger partial charge in [-0.1, -0.05) is 41.5 Å². The second kappa shape index (κ2) is 8.25. The molecule has 1 heterocycles. The van der Waals surface area contributed by atoms with Gasteiger partial charge in [-0.2, -0.15) is 0 Å². The average Bonchev–Trinajstić information content (AvgIpc) is 2.87. The number of thiazole rings is 1. The third-order valence-corrected chi connectivity index (χ3v) is 5.15. The fourth-order valence-electron chi connectivity index (χ4n) is 2.53. The number of hydrogen-bond donors (Lipinski definition) is 1. The Morgan fingerprint density at radius 3 is 2.19 bits per heavy atom. The van der Waals surface area contributed by atoms with E-state index in [9.17, 15) is 0 Å². The van der Waals surface area contributed by atoms with E-state index in [0.717, 1.165) is 31.0 Å². The Bertz CT molecular complexity index is 422.